The van der Waals surface area contributed by atoms with Crippen LogP contribution in [0, 0.1) is 13.8 Å². The molecule has 0 radical (unpaired) electrons. The van der Waals surface area contributed by atoms with E-state index in [9.17, 15) is 4.79 Å². The molecule has 1 amide bonds. The van der Waals surface area contributed by atoms with Crippen molar-refractivity contribution in [1.82, 2.24) is 20.3 Å². The van der Waals surface area contributed by atoms with E-state index >= 15 is 0 Å². The molecule has 0 aliphatic heterocycles. The Bertz CT molecular complexity index is 949. The Hall–Kier alpha value is -3.15. The first kappa shape index (κ1) is 19.6. The van der Waals surface area contributed by atoms with Gasteiger partial charge in [0.15, 0.2) is 5.69 Å². The van der Waals surface area contributed by atoms with Crippen LogP contribution in [0.2, 0.25) is 0 Å². The SMILES string of the molecule is CCCCOc1cccc(CNC(=O)c2nnn(-c3cccc(C)c3)c2C)c1. The molecule has 3 aromatic rings. The molecule has 2 aromatic carbocycles. The average Bonchev–Trinajstić information content (AvgIpc) is 3.08. The van der Waals surface area contributed by atoms with Crippen molar-refractivity contribution < 1.29 is 9.53 Å². The topological polar surface area (TPSA) is 69.0 Å². The third-order valence-corrected chi connectivity index (χ3v) is 4.47. The minimum absolute atomic E-state index is 0.242. The monoisotopic (exact) mass is 378 g/mol. The van der Waals surface area contributed by atoms with Crippen molar-refractivity contribution in [2.75, 3.05) is 6.61 Å². The first-order chi connectivity index (χ1) is 13.6. The van der Waals surface area contributed by atoms with Gasteiger partial charge in [-0.25, -0.2) is 4.68 Å². The van der Waals surface area contributed by atoms with Crippen LogP contribution in [0.3, 0.4) is 0 Å². The van der Waals surface area contributed by atoms with Gasteiger partial charge in [-0.2, -0.15) is 0 Å². The zero-order valence-electron chi connectivity index (χ0n) is 16.6. The Morgan fingerprint density at radius 2 is 1.96 bits per heavy atom. The van der Waals surface area contributed by atoms with Crippen molar-refractivity contribution in [3.63, 3.8) is 0 Å². The molecule has 0 spiro atoms. The molecule has 0 saturated carbocycles. The first-order valence-corrected chi connectivity index (χ1v) is 9.57. The predicted octanol–water partition coefficient (Wildman–Crippen LogP) is 3.99. The molecule has 0 saturated heterocycles. The van der Waals surface area contributed by atoms with E-state index in [1.807, 2.05) is 62.4 Å². The third-order valence-electron chi connectivity index (χ3n) is 4.47. The first-order valence-electron chi connectivity index (χ1n) is 9.57. The van der Waals surface area contributed by atoms with E-state index in [0.29, 0.717) is 24.5 Å². The fourth-order valence-electron chi connectivity index (χ4n) is 2.89. The summed E-state index contributed by atoms with van der Waals surface area (Å²) < 4.78 is 7.41. The van der Waals surface area contributed by atoms with Gasteiger partial charge in [-0.15, -0.1) is 5.10 Å². The summed E-state index contributed by atoms with van der Waals surface area (Å²) in [7, 11) is 0. The molecule has 28 heavy (non-hydrogen) atoms. The van der Waals surface area contributed by atoms with Gasteiger partial charge < -0.3 is 10.1 Å². The van der Waals surface area contributed by atoms with Crippen molar-refractivity contribution in [3.05, 3.63) is 71.0 Å². The molecule has 146 valence electrons. The normalized spacial score (nSPS) is 10.7. The molecule has 0 unspecified atom stereocenters. The summed E-state index contributed by atoms with van der Waals surface area (Å²) in [5, 5.41) is 11.1. The lowest BCUT2D eigenvalue weighted by Crippen LogP contribution is -2.24. The molecule has 1 aromatic heterocycles. The quantitative estimate of drug-likeness (QED) is 0.602. The van der Waals surface area contributed by atoms with Gasteiger partial charge in [-0.05, 0) is 55.7 Å². The zero-order valence-corrected chi connectivity index (χ0v) is 16.6. The van der Waals surface area contributed by atoms with E-state index in [4.69, 9.17) is 4.74 Å². The number of ether oxygens (including phenoxy) is 1. The standard InChI is InChI=1S/C22H26N4O2/c1-4-5-12-28-20-11-7-9-18(14-20)15-23-22(27)21-17(3)26(25-24-21)19-10-6-8-16(2)13-19/h6-11,13-14H,4-5,12,15H2,1-3H3,(H,23,27). The third kappa shape index (κ3) is 4.76. The van der Waals surface area contributed by atoms with Crippen molar-refractivity contribution in [2.45, 2.75) is 40.2 Å². The van der Waals surface area contributed by atoms with E-state index in [2.05, 4.69) is 22.6 Å². The van der Waals surface area contributed by atoms with Crippen molar-refractivity contribution >= 4 is 5.91 Å². The van der Waals surface area contributed by atoms with Crippen LogP contribution >= 0.6 is 0 Å². The van der Waals surface area contributed by atoms with Crippen LogP contribution in [-0.2, 0) is 6.54 Å². The van der Waals surface area contributed by atoms with Gasteiger partial charge in [0.25, 0.3) is 5.91 Å². The molecule has 0 atom stereocenters. The van der Waals surface area contributed by atoms with Gasteiger partial charge in [0.2, 0.25) is 0 Å². The molecular formula is C22H26N4O2. The molecule has 6 heteroatoms. The number of aryl methyl sites for hydroxylation is 1. The number of carbonyl (C=O) groups excluding carboxylic acids is 1. The molecule has 0 bridgehead atoms. The van der Waals surface area contributed by atoms with E-state index in [0.717, 1.165) is 35.4 Å². The number of rotatable bonds is 8. The van der Waals surface area contributed by atoms with Crippen LogP contribution in [0.4, 0.5) is 0 Å². The summed E-state index contributed by atoms with van der Waals surface area (Å²) in [6.45, 7) is 7.10. The largest absolute Gasteiger partial charge is 0.494 e. The predicted molar refractivity (Wildman–Crippen MR) is 109 cm³/mol. The number of aromatic nitrogens is 3. The maximum absolute atomic E-state index is 12.6. The van der Waals surface area contributed by atoms with Gasteiger partial charge in [0.1, 0.15) is 5.75 Å². The van der Waals surface area contributed by atoms with E-state index in [-0.39, 0.29) is 5.91 Å². The van der Waals surface area contributed by atoms with Gasteiger partial charge in [-0.3, -0.25) is 4.79 Å². The van der Waals surface area contributed by atoms with E-state index in [1.54, 1.807) is 4.68 Å². The van der Waals surface area contributed by atoms with Gasteiger partial charge in [-0.1, -0.05) is 42.8 Å². The van der Waals surface area contributed by atoms with Gasteiger partial charge in [0.05, 0.1) is 18.0 Å². The average molecular weight is 378 g/mol. The summed E-state index contributed by atoms with van der Waals surface area (Å²) in [6, 6.07) is 15.7. The highest BCUT2D eigenvalue weighted by atomic mass is 16.5. The molecule has 1 N–H and O–H groups in total. The van der Waals surface area contributed by atoms with Crippen LogP contribution in [0.15, 0.2) is 48.5 Å². The van der Waals surface area contributed by atoms with Crippen molar-refractivity contribution in [2.24, 2.45) is 0 Å². The smallest absolute Gasteiger partial charge is 0.274 e. The Kier molecular flexibility index (Phi) is 6.42. The van der Waals surface area contributed by atoms with Crippen LogP contribution in [0.5, 0.6) is 5.75 Å². The molecule has 1 heterocycles. The lowest BCUT2D eigenvalue weighted by atomic mass is 10.2. The number of unbranched alkanes of at least 4 members (excludes halogenated alkanes) is 1. The minimum Gasteiger partial charge on any atom is -0.494 e. The Morgan fingerprint density at radius 1 is 1.14 bits per heavy atom. The molecular weight excluding hydrogens is 352 g/mol. The fourth-order valence-corrected chi connectivity index (χ4v) is 2.89. The maximum atomic E-state index is 12.6. The van der Waals surface area contributed by atoms with E-state index < -0.39 is 0 Å². The Balaban J connectivity index is 1.65. The highest BCUT2D eigenvalue weighted by molar-refractivity contribution is 5.93. The summed E-state index contributed by atoms with van der Waals surface area (Å²) in [6.07, 6.45) is 2.12. The van der Waals surface area contributed by atoms with Gasteiger partial charge in [0, 0.05) is 6.54 Å². The second kappa shape index (κ2) is 9.17. The van der Waals surface area contributed by atoms with Crippen LogP contribution < -0.4 is 10.1 Å². The lowest BCUT2D eigenvalue weighted by Gasteiger charge is -2.08. The summed E-state index contributed by atoms with van der Waals surface area (Å²) in [5.74, 6) is 0.579. The minimum atomic E-state index is -0.242. The van der Waals surface area contributed by atoms with Crippen LogP contribution in [-0.4, -0.2) is 27.5 Å². The number of nitrogens with one attached hydrogen (secondary N) is 1. The number of hydrogen-bond acceptors (Lipinski definition) is 4. The van der Waals surface area contributed by atoms with Gasteiger partial charge >= 0.3 is 0 Å². The zero-order chi connectivity index (χ0) is 19.9. The maximum Gasteiger partial charge on any atom is 0.274 e. The number of amides is 1. The summed E-state index contributed by atoms with van der Waals surface area (Å²) >= 11 is 0. The Morgan fingerprint density at radius 3 is 2.75 bits per heavy atom. The van der Waals surface area contributed by atoms with Crippen LogP contribution in [0.1, 0.15) is 47.1 Å². The van der Waals surface area contributed by atoms with Crippen molar-refractivity contribution in [1.29, 1.82) is 0 Å². The van der Waals surface area contributed by atoms with Crippen LogP contribution in [0.25, 0.3) is 5.69 Å². The van der Waals surface area contributed by atoms with E-state index in [1.165, 1.54) is 0 Å². The lowest BCUT2D eigenvalue weighted by molar-refractivity contribution is 0.0945. The number of nitrogens with zero attached hydrogens (tertiary/aromatic N) is 3. The second-order valence-corrected chi connectivity index (χ2v) is 6.81. The number of carbonyl (C=O) groups is 1. The molecule has 3 rings (SSSR count). The molecule has 0 aliphatic rings. The fraction of sp³-hybridized carbons (Fsp3) is 0.318. The number of benzene rings is 2. The van der Waals surface area contributed by atoms with Crippen molar-refractivity contribution in [3.8, 4) is 11.4 Å². The molecule has 0 fully saturated rings. The highest BCUT2D eigenvalue weighted by Gasteiger charge is 2.17. The summed E-state index contributed by atoms with van der Waals surface area (Å²) in [4.78, 5) is 12.6. The number of hydrogen-bond donors (Lipinski definition) is 1. The second-order valence-electron chi connectivity index (χ2n) is 6.81. The highest BCUT2D eigenvalue weighted by Crippen LogP contribution is 2.15. The Labute approximate surface area is 165 Å². The summed E-state index contributed by atoms with van der Waals surface area (Å²) in [5.41, 5.74) is 4.03. The molecule has 0 aliphatic carbocycles. The molecule has 6 nitrogen and oxygen atoms in total.